The summed E-state index contributed by atoms with van der Waals surface area (Å²) in [4.78, 5) is 4.69. The molecule has 0 aliphatic rings. The van der Waals surface area contributed by atoms with Crippen molar-refractivity contribution in [3.05, 3.63) is 36.0 Å². The van der Waals surface area contributed by atoms with Crippen molar-refractivity contribution in [3.63, 3.8) is 0 Å². The Morgan fingerprint density at radius 1 is 1.10 bits per heavy atom. The Morgan fingerprint density at radius 2 is 2.00 bits per heavy atom. The van der Waals surface area contributed by atoms with Gasteiger partial charge in [0.1, 0.15) is 11.3 Å². The maximum Gasteiger partial charge on any atom is 0.145 e. The minimum absolute atomic E-state index is 0.820. The van der Waals surface area contributed by atoms with Crippen LogP contribution in [0.3, 0.4) is 0 Å². The van der Waals surface area contributed by atoms with Gasteiger partial charge in [-0.05, 0) is 25.1 Å². The summed E-state index contributed by atoms with van der Waals surface area (Å²) in [7, 11) is 1.69. The minimum atomic E-state index is 0.820. The number of fused-ring (bicyclic) bond motifs is 1. The zero-order chi connectivity index (χ0) is 14.2. The Bertz CT molecular complexity index is 540. The number of para-hydroxylation sites is 1. The lowest BCUT2D eigenvalue weighted by molar-refractivity contribution is 0.418. The lowest BCUT2D eigenvalue weighted by Crippen LogP contribution is -2.15. The molecule has 0 spiro atoms. The third kappa shape index (κ3) is 3.94. The number of unbranched alkanes of at least 4 members (excludes halogenated alkanes) is 3. The van der Waals surface area contributed by atoms with Gasteiger partial charge in [-0.15, -0.1) is 0 Å². The molecular weight excluding hydrogens is 248 g/mol. The molecule has 1 heterocycles. The molecule has 0 atom stereocenters. The first-order chi connectivity index (χ1) is 9.85. The molecule has 0 saturated heterocycles. The molecular formula is C17H24N2O. The van der Waals surface area contributed by atoms with Crippen molar-refractivity contribution in [2.75, 3.05) is 13.7 Å². The third-order valence-electron chi connectivity index (χ3n) is 3.47. The molecule has 2 aromatic rings. The number of hydrogen-bond acceptors (Lipinski definition) is 3. The molecule has 3 nitrogen and oxygen atoms in total. The Morgan fingerprint density at radius 3 is 2.80 bits per heavy atom. The molecule has 1 N–H and O–H groups in total. The largest absolute Gasteiger partial charge is 0.494 e. The molecule has 0 amide bonds. The maximum atomic E-state index is 5.37. The summed E-state index contributed by atoms with van der Waals surface area (Å²) in [6.07, 6.45) is 5.16. The normalized spacial score (nSPS) is 10.9. The van der Waals surface area contributed by atoms with E-state index in [1.54, 1.807) is 7.11 Å². The van der Waals surface area contributed by atoms with Gasteiger partial charge in [-0.3, -0.25) is 0 Å². The average molecular weight is 272 g/mol. The predicted octanol–water partition coefficient (Wildman–Crippen LogP) is 3.91. The summed E-state index contributed by atoms with van der Waals surface area (Å²) in [6.45, 7) is 4.12. The van der Waals surface area contributed by atoms with Crippen LogP contribution in [0.1, 0.15) is 38.3 Å². The van der Waals surface area contributed by atoms with E-state index >= 15 is 0 Å². The fourth-order valence-corrected chi connectivity index (χ4v) is 2.32. The lowest BCUT2D eigenvalue weighted by atomic mass is 10.2. The van der Waals surface area contributed by atoms with Crippen LogP contribution in [0.15, 0.2) is 30.3 Å². The molecule has 0 aliphatic carbocycles. The van der Waals surface area contributed by atoms with Gasteiger partial charge < -0.3 is 10.1 Å². The van der Waals surface area contributed by atoms with Crippen LogP contribution in [0.4, 0.5) is 0 Å². The standard InChI is InChI=1S/C17H24N2O/c1-3-4-5-6-12-18-13-15-11-10-14-8-7-9-16(20-2)17(14)19-15/h7-11,18H,3-6,12-13H2,1-2H3. The number of benzene rings is 1. The van der Waals surface area contributed by atoms with E-state index in [4.69, 9.17) is 9.72 Å². The van der Waals surface area contributed by atoms with Crippen LogP contribution in [-0.4, -0.2) is 18.6 Å². The van der Waals surface area contributed by atoms with Gasteiger partial charge in [-0.25, -0.2) is 4.98 Å². The van der Waals surface area contributed by atoms with Gasteiger partial charge >= 0.3 is 0 Å². The quantitative estimate of drug-likeness (QED) is 0.740. The van der Waals surface area contributed by atoms with Crippen LogP contribution in [-0.2, 0) is 6.54 Å². The second-order valence-corrected chi connectivity index (χ2v) is 5.07. The fraction of sp³-hybridized carbons (Fsp3) is 0.471. The second kappa shape index (κ2) is 7.85. The van der Waals surface area contributed by atoms with Gasteiger partial charge in [0.15, 0.2) is 0 Å². The lowest BCUT2D eigenvalue weighted by Gasteiger charge is -2.08. The fourth-order valence-electron chi connectivity index (χ4n) is 2.32. The number of hydrogen-bond donors (Lipinski definition) is 1. The van der Waals surface area contributed by atoms with Crippen molar-refractivity contribution in [1.82, 2.24) is 10.3 Å². The first kappa shape index (κ1) is 14.8. The molecule has 108 valence electrons. The Hall–Kier alpha value is -1.61. The zero-order valence-corrected chi connectivity index (χ0v) is 12.5. The summed E-state index contributed by atoms with van der Waals surface area (Å²) in [5.41, 5.74) is 2.01. The number of rotatable bonds is 8. The summed E-state index contributed by atoms with van der Waals surface area (Å²) in [5.74, 6) is 0.840. The summed E-state index contributed by atoms with van der Waals surface area (Å²) < 4.78 is 5.37. The van der Waals surface area contributed by atoms with Crippen LogP contribution < -0.4 is 10.1 Å². The molecule has 2 rings (SSSR count). The van der Waals surface area contributed by atoms with E-state index in [0.717, 1.165) is 35.4 Å². The molecule has 1 aromatic heterocycles. The molecule has 0 bridgehead atoms. The number of nitrogens with zero attached hydrogens (tertiary/aromatic N) is 1. The Labute approximate surface area is 121 Å². The highest BCUT2D eigenvalue weighted by Crippen LogP contribution is 2.23. The zero-order valence-electron chi connectivity index (χ0n) is 12.5. The smallest absolute Gasteiger partial charge is 0.145 e. The van der Waals surface area contributed by atoms with Crippen molar-refractivity contribution in [3.8, 4) is 5.75 Å². The SMILES string of the molecule is CCCCCCNCc1ccc2cccc(OC)c2n1. The minimum Gasteiger partial charge on any atom is -0.494 e. The van der Waals surface area contributed by atoms with E-state index in [1.807, 2.05) is 12.1 Å². The molecule has 20 heavy (non-hydrogen) atoms. The molecule has 0 unspecified atom stereocenters. The molecule has 1 aromatic carbocycles. The average Bonchev–Trinajstić information content (AvgIpc) is 2.50. The Kier molecular flexibility index (Phi) is 5.81. The monoisotopic (exact) mass is 272 g/mol. The molecule has 0 saturated carbocycles. The van der Waals surface area contributed by atoms with Crippen LogP contribution in [0.2, 0.25) is 0 Å². The predicted molar refractivity (Wildman–Crippen MR) is 84.1 cm³/mol. The van der Waals surface area contributed by atoms with E-state index < -0.39 is 0 Å². The van der Waals surface area contributed by atoms with E-state index in [0.29, 0.717) is 0 Å². The van der Waals surface area contributed by atoms with Crippen LogP contribution in [0.25, 0.3) is 10.9 Å². The van der Waals surface area contributed by atoms with E-state index in [9.17, 15) is 0 Å². The van der Waals surface area contributed by atoms with Gasteiger partial charge in [-0.2, -0.15) is 0 Å². The van der Waals surface area contributed by atoms with Crippen LogP contribution in [0, 0.1) is 0 Å². The van der Waals surface area contributed by atoms with Crippen LogP contribution in [0.5, 0.6) is 5.75 Å². The molecule has 0 fully saturated rings. The van der Waals surface area contributed by atoms with Gasteiger partial charge in [-0.1, -0.05) is 44.4 Å². The van der Waals surface area contributed by atoms with E-state index in [2.05, 4.69) is 30.4 Å². The van der Waals surface area contributed by atoms with Crippen molar-refractivity contribution >= 4 is 10.9 Å². The van der Waals surface area contributed by atoms with Crippen molar-refractivity contribution in [2.24, 2.45) is 0 Å². The first-order valence-electron chi connectivity index (χ1n) is 7.48. The van der Waals surface area contributed by atoms with Gasteiger partial charge in [0, 0.05) is 11.9 Å². The highest BCUT2D eigenvalue weighted by Gasteiger charge is 2.03. The molecule has 0 radical (unpaired) electrons. The van der Waals surface area contributed by atoms with Crippen molar-refractivity contribution < 1.29 is 4.74 Å². The second-order valence-electron chi connectivity index (χ2n) is 5.07. The van der Waals surface area contributed by atoms with Crippen molar-refractivity contribution in [1.29, 1.82) is 0 Å². The van der Waals surface area contributed by atoms with Gasteiger partial charge in [0.25, 0.3) is 0 Å². The third-order valence-corrected chi connectivity index (χ3v) is 3.47. The van der Waals surface area contributed by atoms with Crippen LogP contribution >= 0.6 is 0 Å². The maximum absolute atomic E-state index is 5.37. The van der Waals surface area contributed by atoms with Crippen molar-refractivity contribution in [2.45, 2.75) is 39.2 Å². The number of aromatic nitrogens is 1. The molecule has 0 aliphatic heterocycles. The number of ether oxygens (including phenoxy) is 1. The summed E-state index contributed by atoms with van der Waals surface area (Å²) >= 11 is 0. The Balaban J connectivity index is 1.94. The highest BCUT2D eigenvalue weighted by molar-refractivity contribution is 5.84. The number of nitrogens with one attached hydrogen (secondary N) is 1. The van der Waals surface area contributed by atoms with E-state index in [1.165, 1.54) is 25.7 Å². The topological polar surface area (TPSA) is 34.1 Å². The van der Waals surface area contributed by atoms with Gasteiger partial charge in [0.2, 0.25) is 0 Å². The summed E-state index contributed by atoms with van der Waals surface area (Å²) in [6, 6.07) is 10.2. The number of pyridine rings is 1. The highest BCUT2D eigenvalue weighted by atomic mass is 16.5. The van der Waals surface area contributed by atoms with E-state index in [-0.39, 0.29) is 0 Å². The summed E-state index contributed by atoms with van der Waals surface area (Å²) in [5, 5.41) is 4.58. The number of methoxy groups -OCH3 is 1. The molecule has 3 heteroatoms. The van der Waals surface area contributed by atoms with Gasteiger partial charge in [0.05, 0.1) is 12.8 Å². The first-order valence-corrected chi connectivity index (χ1v) is 7.48.